The van der Waals surface area contributed by atoms with E-state index in [-0.39, 0.29) is 5.69 Å². The lowest BCUT2D eigenvalue weighted by molar-refractivity contribution is 1.08. The smallest absolute Gasteiger partial charge is 0.305 e. The van der Waals surface area contributed by atoms with Gasteiger partial charge >= 0.3 is 5.69 Å². The zero-order valence-corrected chi connectivity index (χ0v) is 9.12. The Labute approximate surface area is 95.4 Å². The molecule has 1 aromatic carbocycles. The van der Waals surface area contributed by atoms with Gasteiger partial charge in [-0.25, -0.2) is 9.78 Å². The Morgan fingerprint density at radius 1 is 1.19 bits per heavy atom. The van der Waals surface area contributed by atoms with Crippen molar-refractivity contribution in [3.8, 4) is 10.6 Å². The van der Waals surface area contributed by atoms with Crippen LogP contribution in [0, 0.1) is 0 Å². The number of nitrogens with zero attached hydrogens (tertiary/aromatic N) is 1. The monoisotopic (exact) mass is 228 g/mol. The Morgan fingerprint density at radius 2 is 2.06 bits per heavy atom. The number of nitrogens with one attached hydrogen (secondary N) is 1. The summed E-state index contributed by atoms with van der Waals surface area (Å²) in [6, 6.07) is 12.0. The molecular formula is C12H8N2OS. The van der Waals surface area contributed by atoms with Gasteiger partial charge in [-0.2, -0.15) is 0 Å². The lowest BCUT2D eigenvalue weighted by Crippen LogP contribution is -2.08. The first-order valence-corrected chi connectivity index (χ1v) is 5.69. The third-order valence-corrected chi connectivity index (χ3v) is 3.51. The van der Waals surface area contributed by atoms with Crippen molar-refractivity contribution in [3.63, 3.8) is 0 Å². The topological polar surface area (TPSA) is 45.8 Å². The summed E-state index contributed by atoms with van der Waals surface area (Å²) in [5.74, 6) is 0. The Balaban J connectivity index is 2.23. The fourth-order valence-corrected chi connectivity index (χ4v) is 2.67. The van der Waals surface area contributed by atoms with Gasteiger partial charge in [0.15, 0.2) is 0 Å². The summed E-state index contributed by atoms with van der Waals surface area (Å²) < 4.78 is 1.22. The van der Waals surface area contributed by atoms with Crippen LogP contribution >= 0.6 is 11.3 Å². The fraction of sp³-hybridized carbons (Fsp3) is 0. The highest BCUT2D eigenvalue weighted by Crippen LogP contribution is 2.31. The van der Waals surface area contributed by atoms with Gasteiger partial charge in [0.2, 0.25) is 0 Å². The van der Waals surface area contributed by atoms with Gasteiger partial charge in [-0.05, 0) is 23.6 Å². The maximum absolute atomic E-state index is 11.1. The normalized spacial score (nSPS) is 10.8. The van der Waals surface area contributed by atoms with Crippen LogP contribution in [0.25, 0.3) is 20.7 Å². The lowest BCUT2D eigenvalue weighted by Gasteiger charge is -1.93. The number of aromatic nitrogens is 2. The van der Waals surface area contributed by atoms with E-state index in [1.54, 1.807) is 11.3 Å². The van der Waals surface area contributed by atoms with Crippen LogP contribution in [-0.2, 0) is 0 Å². The Morgan fingerprint density at radius 3 is 2.88 bits per heavy atom. The van der Waals surface area contributed by atoms with Crippen LogP contribution in [-0.4, -0.2) is 9.97 Å². The molecule has 2 heterocycles. The van der Waals surface area contributed by atoms with Crippen LogP contribution in [0.1, 0.15) is 0 Å². The molecule has 3 nitrogen and oxygen atoms in total. The zero-order valence-electron chi connectivity index (χ0n) is 8.31. The lowest BCUT2D eigenvalue weighted by atomic mass is 10.2. The van der Waals surface area contributed by atoms with Gasteiger partial charge in [0.05, 0.1) is 10.6 Å². The second-order valence-corrected chi connectivity index (χ2v) is 4.52. The first kappa shape index (κ1) is 9.30. The van der Waals surface area contributed by atoms with Crippen molar-refractivity contribution in [1.82, 2.24) is 9.97 Å². The molecule has 0 saturated carbocycles. The Hall–Kier alpha value is -1.94. The molecular weight excluding hydrogens is 220 g/mol. The third-order valence-electron chi connectivity index (χ3n) is 2.37. The molecule has 0 unspecified atom stereocenters. The van der Waals surface area contributed by atoms with Crippen molar-refractivity contribution in [2.24, 2.45) is 0 Å². The van der Waals surface area contributed by atoms with E-state index in [2.05, 4.69) is 28.2 Å². The molecule has 0 aliphatic heterocycles. The van der Waals surface area contributed by atoms with Crippen LogP contribution in [0.4, 0.5) is 0 Å². The predicted octanol–water partition coefficient (Wildman–Crippen LogP) is 2.65. The van der Waals surface area contributed by atoms with Crippen LogP contribution < -0.4 is 5.69 Å². The van der Waals surface area contributed by atoms with Crippen molar-refractivity contribution in [2.75, 3.05) is 0 Å². The zero-order chi connectivity index (χ0) is 11.0. The minimum absolute atomic E-state index is 0.310. The van der Waals surface area contributed by atoms with E-state index >= 15 is 0 Å². The van der Waals surface area contributed by atoms with Crippen molar-refractivity contribution < 1.29 is 0 Å². The van der Waals surface area contributed by atoms with E-state index < -0.39 is 0 Å². The number of rotatable bonds is 1. The molecule has 4 heteroatoms. The van der Waals surface area contributed by atoms with E-state index in [9.17, 15) is 4.79 Å². The first-order chi connectivity index (χ1) is 7.83. The summed E-state index contributed by atoms with van der Waals surface area (Å²) in [5.41, 5.74) is 0.510. The molecule has 0 fully saturated rings. The van der Waals surface area contributed by atoms with Gasteiger partial charge < -0.3 is 4.98 Å². The van der Waals surface area contributed by atoms with Gasteiger partial charge in [0, 0.05) is 10.9 Å². The third kappa shape index (κ3) is 1.53. The predicted molar refractivity (Wildman–Crippen MR) is 65.7 cm³/mol. The number of thiophene rings is 1. The van der Waals surface area contributed by atoms with Crippen molar-refractivity contribution in [1.29, 1.82) is 0 Å². The highest BCUT2D eigenvalue weighted by atomic mass is 32.1. The molecule has 0 aliphatic rings. The van der Waals surface area contributed by atoms with Gasteiger partial charge in [-0.3, -0.25) is 0 Å². The van der Waals surface area contributed by atoms with E-state index in [0.717, 1.165) is 10.6 Å². The Bertz CT molecular complexity index is 666. The molecule has 0 atom stereocenters. The summed E-state index contributed by atoms with van der Waals surface area (Å²) in [5, 5.41) is 1.19. The van der Waals surface area contributed by atoms with Gasteiger partial charge in [0.1, 0.15) is 0 Å². The van der Waals surface area contributed by atoms with Gasteiger partial charge in [-0.1, -0.05) is 18.2 Å². The van der Waals surface area contributed by atoms with Crippen molar-refractivity contribution >= 4 is 21.4 Å². The van der Waals surface area contributed by atoms with Crippen molar-refractivity contribution in [3.05, 3.63) is 53.1 Å². The molecule has 16 heavy (non-hydrogen) atoms. The average Bonchev–Trinajstić information content (AvgIpc) is 2.72. The van der Waals surface area contributed by atoms with Crippen LogP contribution in [0.5, 0.6) is 0 Å². The molecule has 0 spiro atoms. The maximum atomic E-state index is 11.1. The minimum Gasteiger partial charge on any atom is -0.305 e. The average molecular weight is 228 g/mol. The highest BCUT2D eigenvalue weighted by molar-refractivity contribution is 7.22. The summed E-state index contributed by atoms with van der Waals surface area (Å²) in [4.78, 5) is 18.5. The number of benzene rings is 1. The molecule has 0 aliphatic carbocycles. The SMILES string of the molecule is O=c1nccc(-c2cc3ccccc3s2)[nH]1. The summed E-state index contributed by atoms with van der Waals surface area (Å²) in [6.45, 7) is 0. The highest BCUT2D eigenvalue weighted by Gasteiger charge is 2.04. The van der Waals surface area contributed by atoms with E-state index in [0.29, 0.717) is 0 Å². The number of hydrogen-bond donors (Lipinski definition) is 1. The molecule has 2 aromatic heterocycles. The van der Waals surface area contributed by atoms with E-state index in [4.69, 9.17) is 0 Å². The summed E-state index contributed by atoms with van der Waals surface area (Å²) in [7, 11) is 0. The Kier molecular flexibility index (Phi) is 2.08. The van der Waals surface area contributed by atoms with Crippen molar-refractivity contribution in [2.45, 2.75) is 0 Å². The van der Waals surface area contributed by atoms with Gasteiger partial charge in [0.25, 0.3) is 0 Å². The van der Waals surface area contributed by atoms with E-state index in [1.165, 1.54) is 16.3 Å². The summed E-state index contributed by atoms with van der Waals surface area (Å²) in [6.07, 6.45) is 1.53. The fourth-order valence-electron chi connectivity index (χ4n) is 1.63. The molecule has 0 bridgehead atoms. The maximum Gasteiger partial charge on any atom is 0.345 e. The molecule has 78 valence electrons. The molecule has 3 aromatic rings. The number of H-pyrrole nitrogens is 1. The second-order valence-electron chi connectivity index (χ2n) is 3.44. The van der Waals surface area contributed by atoms with Crippen LogP contribution in [0.3, 0.4) is 0 Å². The molecule has 0 saturated heterocycles. The van der Waals surface area contributed by atoms with Crippen LogP contribution in [0.15, 0.2) is 47.4 Å². The standard InChI is InChI=1S/C12H8N2OS/c15-12-13-6-5-9(14-12)11-7-8-3-1-2-4-10(8)16-11/h1-7H,(H,13,14,15). The largest absolute Gasteiger partial charge is 0.345 e. The van der Waals surface area contributed by atoms with Gasteiger partial charge in [-0.15, -0.1) is 11.3 Å². The molecule has 0 radical (unpaired) electrons. The van der Waals surface area contributed by atoms with Crippen LogP contribution in [0.2, 0.25) is 0 Å². The van der Waals surface area contributed by atoms with E-state index in [1.807, 2.05) is 18.2 Å². The molecule has 3 rings (SSSR count). The quantitative estimate of drug-likeness (QED) is 0.696. The number of aromatic amines is 1. The summed E-state index contributed by atoms with van der Waals surface area (Å²) >= 11 is 1.66. The second kappa shape index (κ2) is 3.57. The minimum atomic E-state index is -0.310. The first-order valence-electron chi connectivity index (χ1n) is 4.87. The number of fused-ring (bicyclic) bond motifs is 1. The number of hydrogen-bond acceptors (Lipinski definition) is 3. The molecule has 1 N–H and O–H groups in total. The molecule has 0 amide bonds.